The Labute approximate surface area is 212 Å². The van der Waals surface area contributed by atoms with Crippen LogP contribution in [0.3, 0.4) is 0 Å². The van der Waals surface area contributed by atoms with Gasteiger partial charge in [0.05, 0.1) is 18.3 Å². The third-order valence-corrected chi connectivity index (χ3v) is 7.75. The lowest BCUT2D eigenvalue weighted by atomic mass is 10.1. The molecular weight excluding hydrogens is 520 g/mol. The second-order valence-corrected chi connectivity index (χ2v) is 10.3. The lowest BCUT2D eigenvalue weighted by molar-refractivity contribution is -0.149. The van der Waals surface area contributed by atoms with E-state index in [9.17, 15) is 14.5 Å². The van der Waals surface area contributed by atoms with E-state index in [0.29, 0.717) is 17.9 Å². The number of nitrogens with one attached hydrogen (secondary N) is 1. The zero-order valence-electron chi connectivity index (χ0n) is 20.4. The summed E-state index contributed by atoms with van der Waals surface area (Å²) in [6.07, 6.45) is -3.81. The number of esters is 1. The number of nitrogens with two attached hydrogens (primary N) is 1. The van der Waals surface area contributed by atoms with E-state index in [2.05, 4.69) is 20.0 Å². The Morgan fingerprint density at radius 1 is 1.47 bits per heavy atom. The molecule has 36 heavy (non-hydrogen) atoms. The summed E-state index contributed by atoms with van der Waals surface area (Å²) < 4.78 is 45.9. The van der Waals surface area contributed by atoms with Crippen molar-refractivity contribution in [2.24, 2.45) is 0 Å². The van der Waals surface area contributed by atoms with E-state index >= 15 is 4.39 Å². The number of alkyl halides is 2. The molecule has 0 bridgehead atoms. The minimum Gasteiger partial charge on any atom is -0.462 e. The number of carbonyl (C=O) groups excluding carboxylic acids is 1. The molecule has 1 saturated carbocycles. The molecule has 2 unspecified atom stereocenters. The number of aliphatic hydroxyl groups is 1. The quantitative estimate of drug-likeness (QED) is 0.222. The van der Waals surface area contributed by atoms with Gasteiger partial charge in [0.1, 0.15) is 6.04 Å². The first-order chi connectivity index (χ1) is 16.9. The van der Waals surface area contributed by atoms with Gasteiger partial charge < -0.3 is 25.2 Å². The zero-order valence-corrected chi connectivity index (χ0v) is 22.0. The molecule has 0 aromatic carbocycles. The first-order valence-corrected chi connectivity index (χ1v) is 13.0. The van der Waals surface area contributed by atoms with Crippen LogP contribution >= 0.6 is 19.8 Å². The molecule has 1 saturated heterocycles. The maximum absolute atomic E-state index is 15.8. The second-order valence-electron chi connectivity index (χ2n) is 9.08. The van der Waals surface area contributed by atoms with Crippen LogP contribution in [0, 0.1) is 0 Å². The molecule has 2 aliphatic rings. The Bertz CT molecular complexity index is 1180. The van der Waals surface area contributed by atoms with Gasteiger partial charge >= 0.3 is 14.1 Å². The van der Waals surface area contributed by atoms with Crippen molar-refractivity contribution in [1.82, 2.24) is 24.6 Å². The Balaban J connectivity index is 1.54. The highest BCUT2D eigenvalue weighted by Crippen LogP contribution is 2.67. The number of anilines is 2. The molecule has 0 radical (unpaired) electrons. The van der Waals surface area contributed by atoms with Gasteiger partial charge in [-0.25, -0.2) is 9.37 Å². The molecule has 4 rings (SSSR count). The Hall–Kier alpha value is -2.22. The van der Waals surface area contributed by atoms with Crippen LogP contribution in [0.25, 0.3) is 11.2 Å². The van der Waals surface area contributed by atoms with Gasteiger partial charge in [-0.1, -0.05) is 5.09 Å². The van der Waals surface area contributed by atoms with Crippen molar-refractivity contribution in [3.63, 3.8) is 0 Å². The minimum absolute atomic E-state index is 0.0433. The smallest absolute Gasteiger partial charge is 0.462 e. The highest BCUT2D eigenvalue weighted by atomic mass is 35.5. The largest absolute Gasteiger partial charge is 0.614 e. The number of fused-ring (bicyclic) bond motifs is 2. The molecule has 2 aromatic heterocycles. The number of hydrogen-bond donors (Lipinski definition) is 3. The number of ether oxygens (including phenoxy) is 2. The van der Waals surface area contributed by atoms with E-state index in [1.807, 2.05) is 6.92 Å². The second kappa shape index (κ2) is 9.58. The lowest BCUT2D eigenvalue weighted by Gasteiger charge is -2.22. The standard InChI is InChI=1S/C20H29ClFN7O6P/c1-6-28(5)13-11-14(26-18(23)25-13)29(8-24-11)15-12(22)20(31)17(19(20,7-21)34-15)35-36(32)27-10(4)16(30)33-9(2)3/h8-10,12,15,17,31H,6-7H2,1-5H3,(H,27,32)(H2,23,25,26)/q+1/t10-,12+,15+,17?,19+,20+/m0/s1. The van der Waals surface area contributed by atoms with Crippen molar-refractivity contribution in [1.29, 1.82) is 0 Å². The fraction of sp³-hybridized carbons (Fsp3) is 0.700. The van der Waals surface area contributed by atoms with Crippen LogP contribution in [0.5, 0.6) is 0 Å². The van der Waals surface area contributed by atoms with Crippen LogP contribution in [0.2, 0.25) is 0 Å². The van der Waals surface area contributed by atoms with Gasteiger partial charge in [-0.05, 0) is 32.3 Å². The summed E-state index contributed by atoms with van der Waals surface area (Å²) in [6, 6.07) is -0.969. The van der Waals surface area contributed by atoms with Crippen LogP contribution in [0.1, 0.15) is 33.9 Å². The van der Waals surface area contributed by atoms with Gasteiger partial charge in [-0.2, -0.15) is 9.97 Å². The van der Waals surface area contributed by atoms with Crippen molar-refractivity contribution < 1.29 is 32.9 Å². The number of hydrogen-bond acceptors (Lipinski definition) is 11. The molecule has 0 spiro atoms. The summed E-state index contributed by atoms with van der Waals surface area (Å²) in [4.78, 5) is 26.5. The lowest BCUT2D eigenvalue weighted by Crippen LogP contribution is -2.35. The number of nitrogens with zero attached hydrogens (tertiary/aromatic N) is 5. The molecule has 16 heteroatoms. The third kappa shape index (κ3) is 4.09. The molecule has 1 aliphatic heterocycles. The molecule has 4 N–H and O–H groups in total. The molecular formula is C20H29ClFN7O6P+. The van der Waals surface area contributed by atoms with Gasteiger partial charge in [-0.15, -0.1) is 16.1 Å². The average Bonchev–Trinajstić information content (AvgIpc) is 3.06. The molecule has 3 heterocycles. The number of imidazole rings is 1. The molecule has 2 fully saturated rings. The third-order valence-electron chi connectivity index (χ3n) is 6.35. The first kappa shape index (κ1) is 26.8. The van der Waals surface area contributed by atoms with Crippen LogP contribution in [-0.4, -0.2) is 85.7 Å². The summed E-state index contributed by atoms with van der Waals surface area (Å²) in [5.41, 5.74) is 2.56. The Morgan fingerprint density at radius 3 is 2.75 bits per heavy atom. The summed E-state index contributed by atoms with van der Waals surface area (Å²) in [5.74, 6) is -0.581. The summed E-state index contributed by atoms with van der Waals surface area (Å²) >= 11 is 6.09. The topological polar surface area (TPSA) is 167 Å². The Kier molecular flexibility index (Phi) is 7.14. The van der Waals surface area contributed by atoms with Crippen LogP contribution in [0.15, 0.2) is 6.33 Å². The number of nitrogen functional groups attached to an aromatic ring is 1. The normalized spacial score (nSPS) is 30.4. The monoisotopic (exact) mass is 548 g/mol. The molecule has 1 aliphatic carbocycles. The highest BCUT2D eigenvalue weighted by molar-refractivity contribution is 7.36. The molecule has 198 valence electrons. The van der Waals surface area contributed by atoms with E-state index in [4.69, 9.17) is 31.3 Å². The van der Waals surface area contributed by atoms with Gasteiger partial charge in [0.2, 0.25) is 5.95 Å². The number of rotatable bonds is 10. The molecule has 2 aromatic rings. The number of halogens is 2. The number of aromatic nitrogens is 4. The maximum atomic E-state index is 15.8. The first-order valence-electron chi connectivity index (χ1n) is 11.3. The summed E-state index contributed by atoms with van der Waals surface area (Å²) in [5, 5.41) is 13.6. The molecule has 7 atom stereocenters. The van der Waals surface area contributed by atoms with Gasteiger partial charge in [-0.3, -0.25) is 9.36 Å². The molecule has 0 amide bonds. The van der Waals surface area contributed by atoms with E-state index in [1.54, 1.807) is 25.8 Å². The maximum Gasteiger partial charge on any atom is 0.614 e. The van der Waals surface area contributed by atoms with Crippen LogP contribution < -0.4 is 15.7 Å². The SMILES string of the molecule is CCN(C)c1nc(N)nc2c1ncn2[C@@H]1O[C@]2(CCl)C(O[P+](=O)N[C@@H](C)C(=O)OC(C)C)[C@]2(O)[C@@H]1F. The highest BCUT2D eigenvalue weighted by Gasteiger charge is 2.91. The van der Waals surface area contributed by atoms with Crippen molar-refractivity contribution >= 4 is 48.7 Å². The van der Waals surface area contributed by atoms with Crippen molar-refractivity contribution in [3.05, 3.63) is 6.33 Å². The minimum atomic E-state index is -2.70. The van der Waals surface area contributed by atoms with Crippen LogP contribution in [-0.2, 0) is 23.4 Å². The van der Waals surface area contributed by atoms with E-state index in [0.717, 1.165) is 0 Å². The summed E-state index contributed by atoms with van der Waals surface area (Å²) in [6.45, 7) is 7.31. The van der Waals surface area contributed by atoms with Crippen molar-refractivity contribution in [3.8, 4) is 0 Å². The fourth-order valence-electron chi connectivity index (χ4n) is 4.27. The average molecular weight is 549 g/mol. The molecule has 13 nitrogen and oxygen atoms in total. The predicted octanol–water partition coefficient (Wildman–Crippen LogP) is 1.43. The van der Waals surface area contributed by atoms with Crippen molar-refractivity contribution in [2.45, 2.75) is 69.5 Å². The van der Waals surface area contributed by atoms with Gasteiger partial charge in [0.25, 0.3) is 0 Å². The fourth-order valence-corrected chi connectivity index (χ4v) is 5.69. The predicted molar refractivity (Wildman–Crippen MR) is 128 cm³/mol. The van der Waals surface area contributed by atoms with E-state index < -0.39 is 49.9 Å². The Morgan fingerprint density at radius 2 is 2.17 bits per heavy atom. The summed E-state index contributed by atoms with van der Waals surface area (Å²) in [7, 11) is -0.905. The van der Waals surface area contributed by atoms with Gasteiger partial charge in [0.15, 0.2) is 46.7 Å². The number of carbonyl (C=O) groups is 1. The van der Waals surface area contributed by atoms with E-state index in [1.165, 1.54) is 17.8 Å². The van der Waals surface area contributed by atoms with Gasteiger partial charge in [0, 0.05) is 13.6 Å². The van der Waals surface area contributed by atoms with E-state index in [-0.39, 0.29) is 23.6 Å². The zero-order chi connectivity index (χ0) is 26.6. The van der Waals surface area contributed by atoms with Crippen molar-refractivity contribution in [2.75, 3.05) is 30.1 Å². The van der Waals surface area contributed by atoms with Crippen LogP contribution in [0.4, 0.5) is 16.2 Å².